The minimum absolute atomic E-state index is 0.736. The fourth-order valence-corrected chi connectivity index (χ4v) is 3.12. The van der Waals surface area contributed by atoms with E-state index in [1.54, 1.807) is 0 Å². The highest BCUT2D eigenvalue weighted by atomic mass is 14.5. The summed E-state index contributed by atoms with van der Waals surface area (Å²) in [4.78, 5) is 0. The summed E-state index contributed by atoms with van der Waals surface area (Å²) in [7, 11) is 0. The van der Waals surface area contributed by atoms with Gasteiger partial charge in [0.15, 0.2) is 0 Å². The standard InChI is InChI=1S/C24H15N/c1-2-19-20-7-3-5-9-22(20)24(23-10-6-4-8-21(19)23)16-13-17-11-14-18(25)15-12-17/h1,3-12,14-15H,25H2. The lowest BCUT2D eigenvalue weighted by Crippen LogP contribution is -1.90. The minimum Gasteiger partial charge on any atom is -0.399 e. The Labute approximate surface area is 147 Å². The lowest BCUT2D eigenvalue weighted by atomic mass is 9.92. The smallest absolute Gasteiger partial charge is 0.0406 e. The van der Waals surface area contributed by atoms with Crippen molar-refractivity contribution >= 4 is 27.2 Å². The molecule has 4 aromatic rings. The number of terminal acetylenes is 1. The molecule has 116 valence electrons. The normalized spacial score (nSPS) is 10.2. The average Bonchev–Trinajstić information content (AvgIpc) is 2.66. The van der Waals surface area contributed by atoms with Crippen LogP contribution in [0.25, 0.3) is 21.5 Å². The molecule has 0 aromatic heterocycles. The van der Waals surface area contributed by atoms with Crippen LogP contribution in [0.4, 0.5) is 5.69 Å². The highest BCUT2D eigenvalue weighted by Gasteiger charge is 2.10. The largest absolute Gasteiger partial charge is 0.399 e. The maximum absolute atomic E-state index is 5.81. The molecule has 0 bridgehead atoms. The summed E-state index contributed by atoms with van der Waals surface area (Å²) in [5, 5.41) is 4.28. The Morgan fingerprint density at radius 2 is 1.08 bits per heavy atom. The zero-order chi connectivity index (χ0) is 17.2. The van der Waals surface area contributed by atoms with Gasteiger partial charge >= 0.3 is 0 Å². The summed E-state index contributed by atoms with van der Waals surface area (Å²) >= 11 is 0. The van der Waals surface area contributed by atoms with Crippen LogP contribution < -0.4 is 5.73 Å². The number of rotatable bonds is 0. The molecule has 4 rings (SSSR count). The Morgan fingerprint density at radius 3 is 1.56 bits per heavy atom. The number of hydrogen-bond acceptors (Lipinski definition) is 1. The molecule has 2 N–H and O–H groups in total. The average molecular weight is 317 g/mol. The fraction of sp³-hybridized carbons (Fsp3) is 0. The molecule has 0 unspecified atom stereocenters. The van der Waals surface area contributed by atoms with Crippen LogP contribution in [0.3, 0.4) is 0 Å². The molecule has 0 aliphatic carbocycles. The van der Waals surface area contributed by atoms with Crippen LogP contribution in [-0.2, 0) is 0 Å². The van der Waals surface area contributed by atoms with Gasteiger partial charge in [0.1, 0.15) is 0 Å². The van der Waals surface area contributed by atoms with E-state index in [2.05, 4.69) is 42.0 Å². The van der Waals surface area contributed by atoms with Crippen LogP contribution in [-0.4, -0.2) is 0 Å². The van der Waals surface area contributed by atoms with E-state index < -0.39 is 0 Å². The number of hydrogen-bond donors (Lipinski definition) is 1. The quantitative estimate of drug-likeness (QED) is 0.277. The van der Waals surface area contributed by atoms with E-state index >= 15 is 0 Å². The highest BCUT2D eigenvalue weighted by molar-refractivity contribution is 6.09. The second-order valence-corrected chi connectivity index (χ2v) is 5.86. The van der Waals surface area contributed by atoms with Gasteiger partial charge in [-0.25, -0.2) is 0 Å². The Morgan fingerprint density at radius 1 is 0.600 bits per heavy atom. The summed E-state index contributed by atoms with van der Waals surface area (Å²) in [6, 6.07) is 23.9. The third-order valence-corrected chi connectivity index (χ3v) is 4.32. The molecule has 0 spiro atoms. The number of fused-ring (bicyclic) bond motifs is 2. The summed E-state index contributed by atoms with van der Waals surface area (Å²) < 4.78 is 0. The first-order valence-electron chi connectivity index (χ1n) is 8.05. The van der Waals surface area contributed by atoms with E-state index in [1.807, 2.05) is 48.5 Å². The molecule has 0 aliphatic rings. The van der Waals surface area contributed by atoms with Crippen molar-refractivity contribution in [1.82, 2.24) is 0 Å². The molecule has 0 radical (unpaired) electrons. The molecule has 0 saturated heterocycles. The van der Waals surface area contributed by atoms with Crippen molar-refractivity contribution in [2.75, 3.05) is 5.73 Å². The topological polar surface area (TPSA) is 26.0 Å². The molecule has 0 heterocycles. The van der Waals surface area contributed by atoms with Crippen LogP contribution in [0.2, 0.25) is 0 Å². The molecule has 0 amide bonds. The lowest BCUT2D eigenvalue weighted by molar-refractivity contribution is 1.63. The summed E-state index contributed by atoms with van der Waals surface area (Å²) in [6.07, 6.45) is 5.81. The molecule has 4 aromatic carbocycles. The third-order valence-electron chi connectivity index (χ3n) is 4.32. The van der Waals surface area contributed by atoms with Crippen molar-refractivity contribution in [2.24, 2.45) is 0 Å². The number of anilines is 1. The van der Waals surface area contributed by atoms with Crippen molar-refractivity contribution in [2.45, 2.75) is 0 Å². The number of nitrogens with two attached hydrogens (primary N) is 1. The Balaban J connectivity index is 2.06. The monoisotopic (exact) mass is 317 g/mol. The Kier molecular flexibility index (Phi) is 3.62. The summed E-state index contributed by atoms with van der Waals surface area (Å²) in [6.45, 7) is 0. The van der Waals surface area contributed by atoms with E-state index in [0.29, 0.717) is 0 Å². The van der Waals surface area contributed by atoms with Crippen molar-refractivity contribution in [3.8, 4) is 24.2 Å². The van der Waals surface area contributed by atoms with Crippen molar-refractivity contribution in [1.29, 1.82) is 0 Å². The van der Waals surface area contributed by atoms with Gasteiger partial charge in [-0.05, 0) is 45.8 Å². The van der Waals surface area contributed by atoms with Crippen LogP contribution >= 0.6 is 0 Å². The zero-order valence-corrected chi connectivity index (χ0v) is 13.6. The Bertz CT molecular complexity index is 1140. The molecule has 0 saturated carbocycles. The van der Waals surface area contributed by atoms with Gasteiger partial charge in [0.25, 0.3) is 0 Å². The molecule has 1 heteroatoms. The van der Waals surface area contributed by atoms with Gasteiger partial charge in [-0.1, -0.05) is 66.3 Å². The zero-order valence-electron chi connectivity index (χ0n) is 13.6. The second kappa shape index (κ2) is 6.08. The van der Waals surface area contributed by atoms with Crippen LogP contribution in [0.5, 0.6) is 0 Å². The molecule has 0 fully saturated rings. The highest BCUT2D eigenvalue weighted by Crippen LogP contribution is 2.32. The molecular weight excluding hydrogens is 302 g/mol. The van der Waals surface area contributed by atoms with Gasteiger partial charge < -0.3 is 5.73 Å². The van der Waals surface area contributed by atoms with Gasteiger partial charge in [0.2, 0.25) is 0 Å². The molecule has 25 heavy (non-hydrogen) atoms. The van der Waals surface area contributed by atoms with Crippen molar-refractivity contribution in [3.63, 3.8) is 0 Å². The van der Waals surface area contributed by atoms with Crippen LogP contribution in [0.15, 0.2) is 72.8 Å². The predicted molar refractivity (Wildman–Crippen MR) is 106 cm³/mol. The maximum Gasteiger partial charge on any atom is 0.0406 e. The van der Waals surface area contributed by atoms with E-state index in [-0.39, 0.29) is 0 Å². The number of nitrogen functional groups attached to an aromatic ring is 1. The molecular formula is C24H15N. The minimum atomic E-state index is 0.736. The van der Waals surface area contributed by atoms with Crippen molar-refractivity contribution < 1.29 is 0 Å². The van der Waals surface area contributed by atoms with Gasteiger partial charge in [-0.15, -0.1) is 6.42 Å². The first kappa shape index (κ1) is 14.9. The van der Waals surface area contributed by atoms with E-state index in [0.717, 1.165) is 43.9 Å². The van der Waals surface area contributed by atoms with E-state index in [9.17, 15) is 0 Å². The molecule has 0 atom stereocenters. The fourth-order valence-electron chi connectivity index (χ4n) is 3.12. The third kappa shape index (κ3) is 2.59. The van der Waals surface area contributed by atoms with E-state index in [4.69, 9.17) is 12.2 Å². The predicted octanol–water partition coefficient (Wildman–Crippen LogP) is 4.96. The summed E-state index contributed by atoms with van der Waals surface area (Å²) in [5.74, 6) is 9.47. The molecule has 0 aliphatic heterocycles. The van der Waals surface area contributed by atoms with Crippen molar-refractivity contribution in [3.05, 3.63) is 89.5 Å². The second-order valence-electron chi connectivity index (χ2n) is 5.86. The van der Waals surface area contributed by atoms with Gasteiger partial charge in [0, 0.05) is 22.4 Å². The SMILES string of the molecule is C#Cc1c2ccccc2c(C#Cc2ccc(N)cc2)c2ccccc12. The Hall–Kier alpha value is -3.68. The first-order chi connectivity index (χ1) is 12.3. The lowest BCUT2D eigenvalue weighted by Gasteiger charge is -2.10. The van der Waals surface area contributed by atoms with Crippen LogP contribution in [0, 0.1) is 24.2 Å². The number of benzene rings is 4. The van der Waals surface area contributed by atoms with Gasteiger partial charge in [0.05, 0.1) is 0 Å². The van der Waals surface area contributed by atoms with Crippen LogP contribution in [0.1, 0.15) is 16.7 Å². The van der Waals surface area contributed by atoms with Gasteiger partial charge in [-0.2, -0.15) is 0 Å². The first-order valence-corrected chi connectivity index (χ1v) is 8.05. The summed E-state index contributed by atoms with van der Waals surface area (Å²) in [5.41, 5.74) is 9.34. The maximum atomic E-state index is 5.81. The van der Waals surface area contributed by atoms with E-state index in [1.165, 1.54) is 0 Å². The molecule has 1 nitrogen and oxygen atoms in total. The van der Waals surface area contributed by atoms with Gasteiger partial charge in [-0.3, -0.25) is 0 Å².